The summed E-state index contributed by atoms with van der Waals surface area (Å²) in [5.74, 6) is 3.77. The highest BCUT2D eigenvalue weighted by molar-refractivity contribution is 5.80. The minimum Gasteiger partial charge on any atom is -0.457 e. The quantitative estimate of drug-likeness (QED) is 0.241. The molecule has 2 amide bonds. The maximum atomic E-state index is 12.7. The van der Waals surface area contributed by atoms with Gasteiger partial charge in [0.25, 0.3) is 0 Å². The summed E-state index contributed by atoms with van der Waals surface area (Å²) in [6.45, 7) is 8.20. The van der Waals surface area contributed by atoms with E-state index in [1.165, 1.54) is 0 Å². The molecule has 0 N–H and O–H groups in total. The highest BCUT2D eigenvalue weighted by Crippen LogP contribution is 2.37. The van der Waals surface area contributed by atoms with Crippen molar-refractivity contribution in [2.45, 2.75) is 70.9 Å². The number of rotatable bonds is 9. The van der Waals surface area contributed by atoms with Crippen LogP contribution in [0.2, 0.25) is 0 Å². The number of benzene rings is 2. The van der Waals surface area contributed by atoms with Crippen molar-refractivity contribution in [1.29, 1.82) is 0 Å². The molecule has 3 aliphatic rings. The Bertz CT molecular complexity index is 1730. The van der Waals surface area contributed by atoms with E-state index in [4.69, 9.17) is 14.8 Å². The molecule has 45 heavy (non-hydrogen) atoms. The van der Waals surface area contributed by atoms with Gasteiger partial charge in [-0.15, -0.1) is 0 Å². The first kappa shape index (κ1) is 29.1. The molecule has 1 saturated carbocycles. The molecule has 2 atom stereocenters. The second-order valence-electron chi connectivity index (χ2n) is 13.1. The molecule has 2 saturated heterocycles. The number of amides is 2. The predicted molar refractivity (Wildman–Crippen MR) is 169 cm³/mol. The topological polar surface area (TPSA) is 106 Å². The van der Waals surface area contributed by atoms with E-state index in [9.17, 15) is 9.59 Å². The molecule has 10 heteroatoms. The van der Waals surface area contributed by atoms with Gasteiger partial charge in [-0.1, -0.05) is 32.9 Å². The van der Waals surface area contributed by atoms with Crippen molar-refractivity contribution in [3.8, 4) is 34.1 Å². The number of aromatic nitrogens is 5. The molecule has 3 fully saturated rings. The summed E-state index contributed by atoms with van der Waals surface area (Å²) >= 11 is 0. The minimum atomic E-state index is 0.000919. The highest BCUT2D eigenvalue weighted by atomic mass is 16.5. The lowest BCUT2D eigenvalue weighted by atomic mass is 10.1. The molecule has 1 aliphatic carbocycles. The summed E-state index contributed by atoms with van der Waals surface area (Å²) in [5, 5.41) is 13.5. The molecule has 4 aromatic rings. The summed E-state index contributed by atoms with van der Waals surface area (Å²) in [5.41, 5.74) is 4.50. The predicted octanol–water partition coefficient (Wildman–Crippen LogP) is 5.70. The zero-order valence-corrected chi connectivity index (χ0v) is 26.3. The van der Waals surface area contributed by atoms with Crippen LogP contribution in [-0.4, -0.2) is 65.7 Å². The zero-order valence-electron chi connectivity index (χ0n) is 26.3. The van der Waals surface area contributed by atoms with Crippen LogP contribution in [0.15, 0.2) is 54.6 Å². The monoisotopic (exact) mass is 605 g/mol. The molecule has 1 unspecified atom stereocenters. The highest BCUT2D eigenvalue weighted by Gasteiger charge is 2.41. The van der Waals surface area contributed by atoms with Crippen molar-refractivity contribution in [1.82, 2.24) is 34.8 Å². The molecule has 2 aliphatic heterocycles. The summed E-state index contributed by atoms with van der Waals surface area (Å²) in [6.07, 6.45) is 3.22. The largest absolute Gasteiger partial charge is 0.457 e. The number of carbonyl (C=O) groups excluding carboxylic acids is 2. The van der Waals surface area contributed by atoms with Crippen LogP contribution >= 0.6 is 0 Å². The number of hydrogen-bond acceptors (Lipinski definition) is 7. The van der Waals surface area contributed by atoms with Crippen molar-refractivity contribution in [3.05, 3.63) is 71.7 Å². The molecule has 2 aromatic heterocycles. The van der Waals surface area contributed by atoms with Crippen molar-refractivity contribution < 1.29 is 14.3 Å². The van der Waals surface area contributed by atoms with E-state index in [1.54, 1.807) is 4.68 Å². The smallest absolute Gasteiger partial charge is 0.223 e. The number of likely N-dealkylation sites (tertiary alicyclic amines) is 2. The molecular weight excluding hydrogens is 566 g/mol. The fourth-order valence-electron chi connectivity index (χ4n) is 6.34. The van der Waals surface area contributed by atoms with Gasteiger partial charge in [0.1, 0.15) is 11.5 Å². The second kappa shape index (κ2) is 11.7. The third kappa shape index (κ3) is 6.06. The lowest BCUT2D eigenvalue weighted by Crippen LogP contribution is -2.27. The van der Waals surface area contributed by atoms with Crippen LogP contribution in [0.3, 0.4) is 0 Å². The Morgan fingerprint density at radius 1 is 0.911 bits per heavy atom. The average Bonchev–Trinajstić information content (AvgIpc) is 3.57. The van der Waals surface area contributed by atoms with Crippen LogP contribution in [0.25, 0.3) is 22.6 Å². The van der Waals surface area contributed by atoms with Crippen LogP contribution in [0.5, 0.6) is 11.5 Å². The lowest BCUT2D eigenvalue weighted by Gasteiger charge is -2.19. The Hall–Kier alpha value is -4.60. The molecule has 0 radical (unpaired) electrons. The van der Waals surface area contributed by atoms with Gasteiger partial charge in [-0.05, 0) is 67.1 Å². The number of carbonyl (C=O) groups is 2. The van der Waals surface area contributed by atoms with E-state index in [0.29, 0.717) is 67.0 Å². The third-order valence-corrected chi connectivity index (χ3v) is 9.04. The normalized spacial score (nSPS) is 20.1. The van der Waals surface area contributed by atoms with Gasteiger partial charge in [0.2, 0.25) is 11.8 Å². The van der Waals surface area contributed by atoms with Crippen LogP contribution in [0.1, 0.15) is 75.4 Å². The minimum absolute atomic E-state index is 0.000919. The summed E-state index contributed by atoms with van der Waals surface area (Å²) < 4.78 is 8.29. The van der Waals surface area contributed by atoms with Crippen LogP contribution in [0, 0.1) is 5.92 Å². The van der Waals surface area contributed by atoms with E-state index in [0.717, 1.165) is 47.5 Å². The summed E-state index contributed by atoms with van der Waals surface area (Å²) in [7, 11) is 1.88. The average molecular weight is 606 g/mol. The first-order chi connectivity index (χ1) is 21.7. The van der Waals surface area contributed by atoms with E-state index in [1.807, 2.05) is 71.4 Å². The van der Waals surface area contributed by atoms with Gasteiger partial charge in [-0.25, -0.2) is 9.67 Å². The number of nitrogens with zero attached hydrogens (tertiary/aromatic N) is 7. The maximum absolute atomic E-state index is 12.7. The van der Waals surface area contributed by atoms with Crippen molar-refractivity contribution in [2.75, 3.05) is 13.1 Å². The standard InChI is InChI=1S/C35H39N7O3/c1-21(2)29-13-14-30(38-37-29)23-7-11-28(12-8-23)45-31-16-24(5-6-25(31)19-41-18-22(3)15-32(41)43)35-36-34(39-40(35)4)26-17-33(44)42(20-26)27-9-10-27/h5-8,11-14,16,21-22,26-27H,9-10,15,17-20H2,1-4H3/t22-,26?/m0/s1. The lowest BCUT2D eigenvalue weighted by molar-refractivity contribution is -0.129. The van der Waals surface area contributed by atoms with Gasteiger partial charge < -0.3 is 14.5 Å². The van der Waals surface area contributed by atoms with Crippen molar-refractivity contribution in [2.24, 2.45) is 13.0 Å². The Morgan fingerprint density at radius 3 is 2.36 bits per heavy atom. The van der Waals surface area contributed by atoms with Crippen molar-refractivity contribution >= 4 is 11.8 Å². The Balaban J connectivity index is 1.16. The summed E-state index contributed by atoms with van der Waals surface area (Å²) in [4.78, 5) is 34.1. The Labute approximate surface area is 263 Å². The third-order valence-electron chi connectivity index (χ3n) is 9.04. The van der Waals surface area contributed by atoms with Crippen molar-refractivity contribution in [3.63, 3.8) is 0 Å². The molecule has 7 rings (SSSR count). The van der Waals surface area contributed by atoms with Crippen LogP contribution < -0.4 is 4.74 Å². The fourth-order valence-corrected chi connectivity index (χ4v) is 6.34. The van der Waals surface area contributed by atoms with E-state index < -0.39 is 0 Å². The van der Waals surface area contributed by atoms with Gasteiger partial charge in [0.05, 0.1) is 11.4 Å². The van der Waals surface area contributed by atoms with Gasteiger partial charge in [0, 0.05) is 68.2 Å². The Morgan fingerprint density at radius 2 is 1.69 bits per heavy atom. The molecule has 4 heterocycles. The van der Waals surface area contributed by atoms with Gasteiger partial charge in [-0.3, -0.25) is 9.59 Å². The van der Waals surface area contributed by atoms with Crippen LogP contribution in [0.4, 0.5) is 0 Å². The van der Waals surface area contributed by atoms with Gasteiger partial charge in [0.15, 0.2) is 11.6 Å². The molecule has 10 nitrogen and oxygen atoms in total. The first-order valence-electron chi connectivity index (χ1n) is 15.9. The number of aryl methyl sites for hydroxylation is 1. The number of hydrogen-bond donors (Lipinski definition) is 0. The van der Waals surface area contributed by atoms with E-state index >= 15 is 0 Å². The first-order valence-corrected chi connectivity index (χ1v) is 15.9. The van der Waals surface area contributed by atoms with E-state index in [2.05, 4.69) is 31.0 Å². The maximum Gasteiger partial charge on any atom is 0.223 e. The molecular formula is C35H39N7O3. The molecule has 0 bridgehead atoms. The van der Waals surface area contributed by atoms with Gasteiger partial charge >= 0.3 is 0 Å². The van der Waals surface area contributed by atoms with Crippen LogP contribution in [-0.2, 0) is 23.2 Å². The summed E-state index contributed by atoms with van der Waals surface area (Å²) in [6, 6.07) is 18.2. The Kier molecular flexibility index (Phi) is 7.59. The van der Waals surface area contributed by atoms with Gasteiger partial charge in [-0.2, -0.15) is 15.3 Å². The molecule has 0 spiro atoms. The fraction of sp³-hybridized carbons (Fsp3) is 0.429. The second-order valence-corrected chi connectivity index (χ2v) is 13.1. The molecule has 232 valence electrons. The molecule has 2 aromatic carbocycles. The van der Waals surface area contributed by atoms with E-state index in [-0.39, 0.29) is 17.7 Å². The zero-order chi connectivity index (χ0) is 31.2. The number of ether oxygens (including phenoxy) is 1. The SMILES string of the molecule is CC(C)c1ccc(-c2ccc(Oc3cc(-c4nc(C5CC(=O)N(C6CC6)C5)nn4C)ccc3CN3C[C@@H](C)CC3=O)cc2)nn1.